The van der Waals surface area contributed by atoms with E-state index in [1.165, 1.54) is 24.3 Å². The lowest BCUT2D eigenvalue weighted by Crippen LogP contribution is -2.17. The summed E-state index contributed by atoms with van der Waals surface area (Å²) >= 11 is 0. The zero-order valence-electron chi connectivity index (χ0n) is 21.5. The molecule has 1 N–H and O–H groups in total. The lowest BCUT2D eigenvalue weighted by molar-refractivity contribution is 0.0341. The van der Waals surface area contributed by atoms with E-state index in [4.69, 9.17) is 9.47 Å². The predicted molar refractivity (Wildman–Crippen MR) is 135 cm³/mol. The average Bonchev–Trinajstić information content (AvgIpc) is 2.94. The zero-order chi connectivity index (χ0) is 28.3. The normalized spacial score (nSPS) is 16.2. The summed E-state index contributed by atoms with van der Waals surface area (Å²) < 4.78 is 98.3. The van der Waals surface area contributed by atoms with Crippen molar-refractivity contribution in [3.63, 3.8) is 0 Å². The number of benzene rings is 3. The molecular formula is C30H28F6O3. The maximum atomic E-state index is 15.0. The fourth-order valence-corrected chi connectivity index (χ4v) is 4.62. The molecule has 1 aliphatic carbocycles. The second-order valence-electron chi connectivity index (χ2n) is 9.26. The highest BCUT2D eigenvalue weighted by molar-refractivity contribution is 5.72. The third kappa shape index (κ3) is 5.84. The molecule has 0 aliphatic heterocycles. The Labute approximate surface area is 222 Å². The lowest BCUT2D eigenvalue weighted by atomic mass is 9.90. The second kappa shape index (κ2) is 12.3. The summed E-state index contributed by atoms with van der Waals surface area (Å²) in [4.78, 5) is 0. The van der Waals surface area contributed by atoms with Crippen molar-refractivity contribution >= 4 is 5.57 Å². The van der Waals surface area contributed by atoms with Crippen LogP contribution in [0.4, 0.5) is 26.3 Å². The van der Waals surface area contributed by atoms with Crippen molar-refractivity contribution in [2.45, 2.75) is 58.3 Å². The number of aliphatic hydroxyl groups is 1. The number of aliphatic hydroxyl groups excluding tert-OH is 1. The fraction of sp³-hybridized carbons (Fsp3) is 0.333. The van der Waals surface area contributed by atoms with E-state index >= 15 is 4.39 Å². The highest BCUT2D eigenvalue weighted by atomic mass is 19.2. The van der Waals surface area contributed by atoms with Crippen molar-refractivity contribution in [3.05, 3.63) is 94.1 Å². The van der Waals surface area contributed by atoms with Gasteiger partial charge in [-0.05, 0) is 50.3 Å². The van der Waals surface area contributed by atoms with Crippen LogP contribution in [0.3, 0.4) is 0 Å². The van der Waals surface area contributed by atoms with Crippen molar-refractivity contribution in [2.75, 3.05) is 6.61 Å². The topological polar surface area (TPSA) is 38.7 Å². The van der Waals surface area contributed by atoms with Crippen molar-refractivity contribution in [1.29, 1.82) is 0 Å². The number of allylic oxidation sites excluding steroid dienone is 1. The molecule has 0 bridgehead atoms. The van der Waals surface area contributed by atoms with Gasteiger partial charge in [-0.1, -0.05) is 37.3 Å². The van der Waals surface area contributed by atoms with Gasteiger partial charge >= 0.3 is 0 Å². The van der Waals surface area contributed by atoms with Crippen LogP contribution in [0.2, 0.25) is 0 Å². The Morgan fingerprint density at radius 1 is 0.795 bits per heavy atom. The minimum Gasteiger partial charge on any atom is -0.491 e. The Balaban J connectivity index is 1.46. The molecule has 39 heavy (non-hydrogen) atoms. The average molecular weight is 551 g/mol. The van der Waals surface area contributed by atoms with Crippen molar-refractivity contribution in [2.24, 2.45) is 0 Å². The standard InChI is InChI=1S/C30H28F6O3/c1-3-23(37)22-10-7-17(25(31)29(22)35)15-39-18-8-5-16(6-9-18)19-11-12-20(27(33)26(19)32)21-13-14-24(38-4-2)30(36)28(21)34/h5,7,10-14,18,23,37H,3-4,6,8-9,15H2,1-2H3. The summed E-state index contributed by atoms with van der Waals surface area (Å²) in [6.45, 7) is 3.18. The Hall–Kier alpha value is -3.30. The zero-order valence-corrected chi connectivity index (χ0v) is 21.5. The van der Waals surface area contributed by atoms with E-state index in [-0.39, 0.29) is 48.2 Å². The lowest BCUT2D eigenvalue weighted by Gasteiger charge is -2.23. The maximum absolute atomic E-state index is 15.0. The first-order valence-corrected chi connectivity index (χ1v) is 12.7. The molecular weight excluding hydrogens is 522 g/mol. The van der Waals surface area contributed by atoms with E-state index in [9.17, 15) is 27.1 Å². The van der Waals surface area contributed by atoms with Gasteiger partial charge in [-0.3, -0.25) is 0 Å². The molecule has 208 valence electrons. The summed E-state index contributed by atoms with van der Waals surface area (Å²) in [6.07, 6.45) is 1.54. The van der Waals surface area contributed by atoms with Crippen LogP contribution in [-0.2, 0) is 11.3 Å². The van der Waals surface area contributed by atoms with Crippen molar-refractivity contribution < 1.29 is 40.9 Å². The highest BCUT2D eigenvalue weighted by Gasteiger charge is 2.25. The molecule has 0 radical (unpaired) electrons. The summed E-state index contributed by atoms with van der Waals surface area (Å²) in [7, 11) is 0. The molecule has 9 heteroatoms. The Bertz CT molecular complexity index is 1390. The second-order valence-corrected chi connectivity index (χ2v) is 9.26. The predicted octanol–water partition coefficient (Wildman–Crippen LogP) is 8.18. The molecule has 1 aliphatic rings. The Morgan fingerprint density at radius 2 is 1.44 bits per heavy atom. The third-order valence-corrected chi connectivity index (χ3v) is 6.84. The van der Waals surface area contributed by atoms with Gasteiger partial charge in [0.1, 0.15) is 0 Å². The van der Waals surface area contributed by atoms with Crippen LogP contribution in [0.5, 0.6) is 5.75 Å². The molecule has 0 heterocycles. The Kier molecular flexibility index (Phi) is 9.02. The van der Waals surface area contributed by atoms with E-state index in [1.807, 2.05) is 0 Å². The van der Waals surface area contributed by atoms with Crippen LogP contribution < -0.4 is 4.74 Å². The van der Waals surface area contributed by atoms with E-state index in [1.54, 1.807) is 19.9 Å². The first-order chi connectivity index (χ1) is 18.7. The summed E-state index contributed by atoms with van der Waals surface area (Å²) in [6, 6.07) is 7.52. The van der Waals surface area contributed by atoms with Crippen LogP contribution in [0.15, 0.2) is 42.5 Å². The molecule has 2 atom stereocenters. The summed E-state index contributed by atoms with van der Waals surface area (Å²) in [5, 5.41) is 9.81. The first-order valence-electron chi connectivity index (χ1n) is 12.7. The number of ether oxygens (including phenoxy) is 2. The Morgan fingerprint density at radius 3 is 2.08 bits per heavy atom. The van der Waals surface area contributed by atoms with Crippen molar-refractivity contribution in [3.8, 4) is 16.9 Å². The van der Waals surface area contributed by atoms with Gasteiger partial charge in [0.2, 0.25) is 5.82 Å². The molecule has 3 aromatic rings. The van der Waals surface area contributed by atoms with Gasteiger partial charge in [-0.25, -0.2) is 22.0 Å². The largest absolute Gasteiger partial charge is 0.491 e. The molecule has 3 aromatic carbocycles. The van der Waals surface area contributed by atoms with Gasteiger partial charge in [0.25, 0.3) is 0 Å². The van der Waals surface area contributed by atoms with E-state index in [2.05, 4.69) is 0 Å². The number of rotatable bonds is 9. The smallest absolute Gasteiger partial charge is 0.201 e. The number of halogens is 6. The molecule has 0 fully saturated rings. The van der Waals surface area contributed by atoms with Gasteiger partial charge in [0, 0.05) is 27.8 Å². The molecule has 0 aromatic heterocycles. The first kappa shape index (κ1) is 28.7. The molecule has 0 saturated carbocycles. The van der Waals surface area contributed by atoms with Crippen LogP contribution in [0, 0.1) is 34.9 Å². The van der Waals surface area contributed by atoms with Gasteiger partial charge in [0.05, 0.1) is 25.4 Å². The van der Waals surface area contributed by atoms with Gasteiger partial charge in [-0.15, -0.1) is 0 Å². The molecule has 4 rings (SSSR count). The molecule has 0 amide bonds. The van der Waals surface area contributed by atoms with Gasteiger partial charge < -0.3 is 14.6 Å². The van der Waals surface area contributed by atoms with Crippen LogP contribution >= 0.6 is 0 Å². The summed E-state index contributed by atoms with van der Waals surface area (Å²) in [5.41, 5.74) is -0.424. The monoisotopic (exact) mass is 550 g/mol. The molecule has 2 unspecified atom stereocenters. The molecule has 3 nitrogen and oxygen atoms in total. The molecule has 0 spiro atoms. The quantitative estimate of drug-likeness (QED) is 0.273. The van der Waals surface area contributed by atoms with E-state index < -0.39 is 52.1 Å². The number of hydrogen-bond acceptors (Lipinski definition) is 3. The fourth-order valence-electron chi connectivity index (χ4n) is 4.62. The van der Waals surface area contributed by atoms with Gasteiger partial charge in [-0.2, -0.15) is 4.39 Å². The van der Waals surface area contributed by atoms with Gasteiger partial charge in [0.15, 0.2) is 34.8 Å². The SMILES string of the molecule is CCOc1ccc(-c2ccc(C3=CCC(OCc4ccc(C(O)CC)c(F)c4F)CC3)c(F)c2F)c(F)c1F. The highest BCUT2D eigenvalue weighted by Crippen LogP contribution is 2.37. The molecule has 0 saturated heterocycles. The summed E-state index contributed by atoms with van der Waals surface area (Å²) in [5.74, 6) is -7.60. The minimum atomic E-state index is -1.34. The number of hydrogen-bond donors (Lipinski definition) is 1. The van der Waals surface area contributed by atoms with Crippen LogP contribution in [0.1, 0.15) is 62.3 Å². The maximum Gasteiger partial charge on any atom is 0.201 e. The minimum absolute atomic E-state index is 0.000275. The van der Waals surface area contributed by atoms with Crippen LogP contribution in [0.25, 0.3) is 16.7 Å². The third-order valence-electron chi connectivity index (χ3n) is 6.84. The van der Waals surface area contributed by atoms with Crippen LogP contribution in [-0.4, -0.2) is 17.8 Å². The van der Waals surface area contributed by atoms with Crippen molar-refractivity contribution in [1.82, 2.24) is 0 Å². The van der Waals surface area contributed by atoms with E-state index in [0.717, 1.165) is 12.1 Å². The van der Waals surface area contributed by atoms with E-state index in [0.29, 0.717) is 24.8 Å².